The summed E-state index contributed by atoms with van der Waals surface area (Å²) in [5.74, 6) is 0.107. The number of aromatic hydroxyl groups is 1. The summed E-state index contributed by atoms with van der Waals surface area (Å²) in [6.07, 6.45) is 3.67. The molecule has 0 radical (unpaired) electrons. The smallest absolute Gasteiger partial charge is 0.347 e. The van der Waals surface area contributed by atoms with E-state index in [-0.39, 0.29) is 23.8 Å². The largest absolute Gasteiger partial charge is 0.506 e. The molecule has 0 saturated carbocycles. The predicted molar refractivity (Wildman–Crippen MR) is 180 cm³/mol. The summed E-state index contributed by atoms with van der Waals surface area (Å²) in [5, 5.41) is 36.6. The quantitative estimate of drug-likeness (QED) is 0.0950. The zero-order valence-electron chi connectivity index (χ0n) is 26.9. The third-order valence-electron chi connectivity index (χ3n) is 8.90. The number of rotatable bonds is 15. The van der Waals surface area contributed by atoms with Gasteiger partial charge in [-0.1, -0.05) is 48.5 Å². The summed E-state index contributed by atoms with van der Waals surface area (Å²) < 4.78 is 11.8. The Bertz CT molecular complexity index is 1670. The Morgan fingerprint density at radius 2 is 1.77 bits per heavy atom. The van der Waals surface area contributed by atoms with E-state index in [1.165, 1.54) is 12.1 Å². The number of aliphatic hydroxyl groups is 2. The number of H-pyrrole nitrogens is 1. The number of carbonyl (C=O) groups is 1. The molecule has 10 heteroatoms. The number of nitrogens with zero attached hydrogens (tertiary/aromatic N) is 1. The van der Waals surface area contributed by atoms with E-state index < -0.39 is 17.7 Å². The molecule has 1 aliphatic heterocycles. The first-order valence-corrected chi connectivity index (χ1v) is 16.4. The fourth-order valence-electron chi connectivity index (χ4n) is 6.04. The van der Waals surface area contributed by atoms with Gasteiger partial charge in [0.1, 0.15) is 11.5 Å². The molecular weight excluding hydrogens is 598 g/mol. The van der Waals surface area contributed by atoms with E-state index in [9.17, 15) is 24.9 Å². The number of hydrogen-bond donors (Lipinski definition) is 5. The second-order valence-corrected chi connectivity index (χ2v) is 12.4. The number of aromatic amines is 1. The average molecular weight is 644 g/mol. The molecule has 0 unspecified atom stereocenters. The van der Waals surface area contributed by atoms with Gasteiger partial charge in [-0.15, -0.1) is 0 Å². The van der Waals surface area contributed by atoms with Crippen molar-refractivity contribution in [2.45, 2.75) is 43.8 Å². The number of nitrogens with one attached hydrogen (secondary N) is 2. The SMILES string of the molecule is CN1CCC(COC(=O)[C@@](O)(c2ccccc2)c2cccc(OCCCCCNC[C@H](O)c3ccc(O)c4[nH]c(=O)ccc34)c2)CC1. The number of likely N-dealkylation sites (tertiary alicyclic amines) is 1. The number of esters is 1. The number of carbonyl (C=O) groups excluding carboxylic acids is 1. The van der Waals surface area contributed by atoms with Gasteiger partial charge in [0, 0.05) is 23.6 Å². The maximum absolute atomic E-state index is 13.5. The van der Waals surface area contributed by atoms with Crippen molar-refractivity contribution in [3.8, 4) is 11.5 Å². The van der Waals surface area contributed by atoms with Gasteiger partial charge in [0.15, 0.2) is 0 Å². The first-order chi connectivity index (χ1) is 22.8. The second kappa shape index (κ2) is 16.1. The number of fused-ring (bicyclic) bond motifs is 1. The lowest BCUT2D eigenvalue weighted by atomic mass is 9.86. The highest BCUT2D eigenvalue weighted by molar-refractivity contribution is 5.87. The van der Waals surface area contributed by atoms with Crippen molar-refractivity contribution < 1.29 is 29.6 Å². The van der Waals surface area contributed by atoms with Gasteiger partial charge in [0.05, 0.1) is 24.8 Å². The summed E-state index contributed by atoms with van der Waals surface area (Å²) >= 11 is 0. The fourth-order valence-corrected chi connectivity index (χ4v) is 6.04. The van der Waals surface area contributed by atoms with Crippen LogP contribution in [0, 0.1) is 5.92 Å². The van der Waals surface area contributed by atoms with Crippen molar-refractivity contribution in [2.75, 3.05) is 46.4 Å². The zero-order chi connectivity index (χ0) is 33.2. The molecule has 10 nitrogen and oxygen atoms in total. The van der Waals surface area contributed by atoms with Gasteiger partial charge in [-0.25, -0.2) is 4.79 Å². The molecule has 2 heterocycles. The molecule has 1 saturated heterocycles. The van der Waals surface area contributed by atoms with Gasteiger partial charge < -0.3 is 40.0 Å². The molecule has 1 aromatic heterocycles. The molecule has 1 fully saturated rings. The van der Waals surface area contributed by atoms with Crippen LogP contribution in [0.4, 0.5) is 0 Å². The van der Waals surface area contributed by atoms with E-state index >= 15 is 0 Å². The summed E-state index contributed by atoms with van der Waals surface area (Å²) in [6, 6.07) is 22.0. The van der Waals surface area contributed by atoms with E-state index in [0.29, 0.717) is 53.0 Å². The number of aliphatic hydroxyl groups excluding tert-OH is 1. The Kier molecular flexibility index (Phi) is 11.7. The van der Waals surface area contributed by atoms with Gasteiger partial charge >= 0.3 is 5.97 Å². The van der Waals surface area contributed by atoms with Crippen LogP contribution in [-0.4, -0.2) is 77.6 Å². The van der Waals surface area contributed by atoms with Gasteiger partial charge in [-0.2, -0.15) is 0 Å². The minimum absolute atomic E-state index is 0.0386. The van der Waals surface area contributed by atoms with Crippen LogP contribution in [0.15, 0.2) is 83.7 Å². The lowest BCUT2D eigenvalue weighted by molar-refractivity contribution is -0.164. The molecule has 5 N–H and O–H groups in total. The van der Waals surface area contributed by atoms with Crippen LogP contribution in [0.1, 0.15) is 54.9 Å². The lowest BCUT2D eigenvalue weighted by Crippen LogP contribution is -2.40. The number of pyridine rings is 1. The molecular formula is C37H45N3O7. The van der Waals surface area contributed by atoms with Crippen LogP contribution in [0.3, 0.4) is 0 Å². The zero-order valence-corrected chi connectivity index (χ0v) is 26.9. The van der Waals surface area contributed by atoms with Crippen molar-refractivity contribution in [1.29, 1.82) is 0 Å². The predicted octanol–water partition coefficient (Wildman–Crippen LogP) is 4.23. The number of unbranched alkanes of at least 4 members (excludes halogenated alkanes) is 2. The van der Waals surface area contributed by atoms with Crippen molar-refractivity contribution in [2.24, 2.45) is 5.92 Å². The highest BCUT2D eigenvalue weighted by Gasteiger charge is 2.42. The molecule has 4 aromatic rings. The molecule has 5 rings (SSSR count). The summed E-state index contributed by atoms with van der Waals surface area (Å²) in [4.78, 5) is 30.0. The third-order valence-corrected chi connectivity index (χ3v) is 8.90. The maximum atomic E-state index is 13.5. The first kappa shape index (κ1) is 34.1. The highest BCUT2D eigenvalue weighted by atomic mass is 16.5. The van der Waals surface area contributed by atoms with E-state index in [2.05, 4.69) is 22.2 Å². The number of piperidine rings is 1. The Morgan fingerprint density at radius 1 is 1.00 bits per heavy atom. The number of aromatic nitrogens is 1. The topological polar surface area (TPSA) is 144 Å². The number of ether oxygens (including phenoxy) is 2. The van der Waals surface area contributed by atoms with Crippen molar-refractivity contribution in [3.63, 3.8) is 0 Å². The lowest BCUT2D eigenvalue weighted by Gasteiger charge is -2.31. The van der Waals surface area contributed by atoms with Crippen LogP contribution < -0.4 is 15.6 Å². The summed E-state index contributed by atoms with van der Waals surface area (Å²) in [7, 11) is 2.09. The second-order valence-electron chi connectivity index (χ2n) is 12.4. The van der Waals surface area contributed by atoms with E-state index in [1.807, 2.05) is 12.1 Å². The van der Waals surface area contributed by atoms with Crippen LogP contribution in [0.2, 0.25) is 0 Å². The number of benzene rings is 3. The Labute approximate surface area is 275 Å². The van der Waals surface area contributed by atoms with Crippen molar-refractivity contribution in [1.82, 2.24) is 15.2 Å². The minimum Gasteiger partial charge on any atom is -0.506 e. The molecule has 0 spiro atoms. The van der Waals surface area contributed by atoms with Crippen molar-refractivity contribution in [3.05, 3.63) is 106 Å². The molecule has 3 aromatic carbocycles. The minimum atomic E-state index is -1.97. The number of hydrogen-bond acceptors (Lipinski definition) is 9. The van der Waals surface area contributed by atoms with Gasteiger partial charge in [0.25, 0.3) is 0 Å². The molecule has 47 heavy (non-hydrogen) atoms. The molecule has 0 aliphatic carbocycles. The van der Waals surface area contributed by atoms with Crippen LogP contribution >= 0.6 is 0 Å². The molecule has 250 valence electrons. The molecule has 0 bridgehead atoms. The number of phenols is 1. The van der Waals surface area contributed by atoms with E-state index in [1.54, 1.807) is 54.6 Å². The Morgan fingerprint density at radius 3 is 2.55 bits per heavy atom. The molecule has 0 amide bonds. The molecule has 1 aliphatic rings. The normalized spacial score (nSPS) is 16.1. The van der Waals surface area contributed by atoms with Gasteiger partial charge in [0.2, 0.25) is 11.2 Å². The highest BCUT2D eigenvalue weighted by Crippen LogP contribution is 2.34. The number of phenolic OH excluding ortho intramolecular Hbond substituents is 1. The molecule has 2 atom stereocenters. The Balaban J connectivity index is 1.09. The Hall–Kier alpha value is -4.22. The summed E-state index contributed by atoms with van der Waals surface area (Å²) in [6.45, 7) is 3.70. The van der Waals surface area contributed by atoms with E-state index in [4.69, 9.17) is 9.47 Å². The van der Waals surface area contributed by atoms with Gasteiger partial charge in [-0.3, -0.25) is 4.79 Å². The first-order valence-electron chi connectivity index (χ1n) is 16.4. The van der Waals surface area contributed by atoms with Crippen LogP contribution in [-0.2, 0) is 15.1 Å². The van der Waals surface area contributed by atoms with Gasteiger partial charge in [-0.05, 0) is 100 Å². The van der Waals surface area contributed by atoms with Crippen LogP contribution in [0.25, 0.3) is 10.9 Å². The standard InChI is InChI=1S/C37H45N3O7/c1-40-20-17-26(18-21-40)25-47-36(44)37(45,27-9-4-2-5-10-27)28-11-8-12-29(23-28)46-22-7-3-6-19-38-24-33(42)30-13-15-32(41)35-31(30)14-16-34(43)39-35/h2,4-5,8-16,23,26,33,38,41-42,45H,3,6-7,17-22,24-25H2,1H3,(H,39,43)/t33-,37+/m0/s1. The summed E-state index contributed by atoms with van der Waals surface area (Å²) in [5.41, 5.74) is -0.511. The average Bonchev–Trinajstić information content (AvgIpc) is 3.09. The monoisotopic (exact) mass is 643 g/mol. The fraction of sp³-hybridized carbons (Fsp3) is 0.405. The third kappa shape index (κ3) is 8.58. The van der Waals surface area contributed by atoms with Crippen LogP contribution in [0.5, 0.6) is 11.5 Å². The van der Waals surface area contributed by atoms with Crippen molar-refractivity contribution >= 4 is 16.9 Å². The maximum Gasteiger partial charge on any atom is 0.347 e. The van der Waals surface area contributed by atoms with E-state index in [0.717, 1.165) is 45.2 Å².